The molecule has 1 unspecified atom stereocenters. The Morgan fingerprint density at radius 2 is 2.26 bits per heavy atom. The van der Waals surface area contributed by atoms with Gasteiger partial charge in [0.2, 0.25) is 0 Å². The van der Waals surface area contributed by atoms with E-state index in [1.54, 1.807) is 12.5 Å². The van der Waals surface area contributed by atoms with Crippen LogP contribution in [0.5, 0.6) is 0 Å². The number of likely N-dealkylation sites (tertiary alicyclic amines) is 1. The lowest BCUT2D eigenvalue weighted by Gasteiger charge is -2.32. The van der Waals surface area contributed by atoms with Crippen LogP contribution in [0.3, 0.4) is 0 Å². The molecule has 1 aliphatic heterocycles. The molecule has 1 aromatic rings. The number of piperidine rings is 1. The molecular weight excluding hydrogens is 244 g/mol. The van der Waals surface area contributed by atoms with E-state index in [2.05, 4.69) is 10.3 Å². The van der Waals surface area contributed by atoms with Gasteiger partial charge >= 0.3 is 6.03 Å². The zero-order chi connectivity index (χ0) is 13.7. The molecular formula is C13H22N4O2. The van der Waals surface area contributed by atoms with E-state index < -0.39 is 0 Å². The first-order chi connectivity index (χ1) is 9.19. The highest BCUT2D eigenvalue weighted by molar-refractivity contribution is 5.74. The summed E-state index contributed by atoms with van der Waals surface area (Å²) in [5.41, 5.74) is 0. The minimum Gasteiger partial charge on any atom is -0.396 e. The molecule has 2 N–H and O–H groups in total. The SMILES string of the molecule is CC(Cn1ccnc1)NC(=O)N1CCC(CO)CC1. The van der Waals surface area contributed by atoms with Gasteiger partial charge in [-0.2, -0.15) is 0 Å². The number of carbonyl (C=O) groups is 1. The summed E-state index contributed by atoms with van der Waals surface area (Å²) in [4.78, 5) is 17.9. The standard InChI is InChI=1S/C13H22N4O2/c1-11(8-16-7-4-14-10-16)15-13(19)17-5-2-12(9-18)3-6-17/h4,7,10-12,18H,2-3,5-6,8-9H2,1H3,(H,15,19). The molecule has 106 valence electrons. The molecule has 0 bridgehead atoms. The summed E-state index contributed by atoms with van der Waals surface area (Å²) in [6, 6.07) is 0.0567. The predicted molar refractivity (Wildman–Crippen MR) is 71.6 cm³/mol. The Hall–Kier alpha value is -1.56. The van der Waals surface area contributed by atoms with Crippen molar-refractivity contribution < 1.29 is 9.90 Å². The highest BCUT2D eigenvalue weighted by atomic mass is 16.3. The third-order valence-electron chi connectivity index (χ3n) is 3.57. The van der Waals surface area contributed by atoms with Crippen molar-refractivity contribution >= 4 is 6.03 Å². The molecule has 1 saturated heterocycles. The monoisotopic (exact) mass is 266 g/mol. The molecule has 6 nitrogen and oxygen atoms in total. The summed E-state index contributed by atoms with van der Waals surface area (Å²) in [5.74, 6) is 0.354. The van der Waals surface area contributed by atoms with E-state index in [1.165, 1.54) is 0 Å². The first-order valence-corrected chi connectivity index (χ1v) is 6.81. The zero-order valence-corrected chi connectivity index (χ0v) is 11.3. The number of rotatable bonds is 4. The summed E-state index contributed by atoms with van der Waals surface area (Å²) in [6.45, 7) is 4.40. The quantitative estimate of drug-likeness (QED) is 0.842. The highest BCUT2D eigenvalue weighted by Gasteiger charge is 2.22. The van der Waals surface area contributed by atoms with Crippen LogP contribution in [0, 0.1) is 5.92 Å². The second kappa shape index (κ2) is 6.56. The van der Waals surface area contributed by atoms with Crippen LogP contribution in [0.1, 0.15) is 19.8 Å². The Kier molecular flexibility index (Phi) is 4.79. The number of imidazole rings is 1. The molecule has 0 spiro atoms. The van der Waals surface area contributed by atoms with Crippen LogP contribution in [-0.2, 0) is 6.54 Å². The molecule has 2 amide bonds. The van der Waals surface area contributed by atoms with E-state index in [-0.39, 0.29) is 18.7 Å². The number of aromatic nitrogens is 2. The van der Waals surface area contributed by atoms with Gasteiger partial charge in [-0.15, -0.1) is 0 Å². The summed E-state index contributed by atoms with van der Waals surface area (Å²) < 4.78 is 1.95. The number of hydrogen-bond donors (Lipinski definition) is 2. The summed E-state index contributed by atoms with van der Waals surface area (Å²) in [6.07, 6.45) is 7.14. The van der Waals surface area contributed by atoms with Gasteiger partial charge in [-0.25, -0.2) is 9.78 Å². The highest BCUT2D eigenvalue weighted by Crippen LogP contribution is 2.16. The topological polar surface area (TPSA) is 70.4 Å². The zero-order valence-electron chi connectivity index (χ0n) is 11.3. The number of aliphatic hydroxyl groups excluding tert-OH is 1. The molecule has 1 fully saturated rings. The molecule has 1 atom stereocenters. The van der Waals surface area contributed by atoms with Gasteiger partial charge in [0, 0.05) is 44.7 Å². The van der Waals surface area contributed by atoms with E-state index in [0.717, 1.165) is 32.5 Å². The molecule has 19 heavy (non-hydrogen) atoms. The Balaban J connectivity index is 1.74. The van der Waals surface area contributed by atoms with Gasteiger partial charge in [0.05, 0.1) is 6.33 Å². The molecule has 0 aliphatic carbocycles. The van der Waals surface area contributed by atoms with Crippen molar-refractivity contribution in [1.82, 2.24) is 19.8 Å². The molecule has 2 heterocycles. The smallest absolute Gasteiger partial charge is 0.317 e. The van der Waals surface area contributed by atoms with Gasteiger partial charge in [-0.05, 0) is 25.7 Å². The number of aliphatic hydroxyl groups is 1. The van der Waals surface area contributed by atoms with Crippen LogP contribution in [0.25, 0.3) is 0 Å². The molecule has 1 aromatic heterocycles. The van der Waals surface area contributed by atoms with Crippen molar-refractivity contribution in [2.75, 3.05) is 19.7 Å². The van der Waals surface area contributed by atoms with Crippen molar-refractivity contribution in [3.05, 3.63) is 18.7 Å². The number of carbonyl (C=O) groups excluding carboxylic acids is 1. The van der Waals surface area contributed by atoms with Crippen molar-refractivity contribution in [3.63, 3.8) is 0 Å². The first kappa shape index (κ1) is 13.9. The Morgan fingerprint density at radius 3 is 2.84 bits per heavy atom. The Bertz CT molecular complexity index is 385. The van der Waals surface area contributed by atoms with Crippen LogP contribution >= 0.6 is 0 Å². The lowest BCUT2D eigenvalue weighted by Crippen LogP contribution is -2.48. The van der Waals surface area contributed by atoms with Gasteiger partial charge in [0.25, 0.3) is 0 Å². The lowest BCUT2D eigenvalue weighted by atomic mass is 9.98. The number of hydrogen-bond acceptors (Lipinski definition) is 3. The average molecular weight is 266 g/mol. The molecule has 0 radical (unpaired) electrons. The minimum atomic E-state index is -0.0102. The van der Waals surface area contributed by atoms with E-state index >= 15 is 0 Å². The lowest BCUT2D eigenvalue weighted by molar-refractivity contribution is 0.135. The summed E-state index contributed by atoms with van der Waals surface area (Å²) in [5, 5.41) is 12.1. The predicted octanol–water partition coefficient (Wildman–Crippen LogP) is 0.685. The van der Waals surface area contributed by atoms with Crippen LogP contribution < -0.4 is 5.32 Å². The molecule has 0 saturated carbocycles. The summed E-state index contributed by atoms with van der Waals surface area (Å²) >= 11 is 0. The normalized spacial score (nSPS) is 18.3. The van der Waals surface area contributed by atoms with E-state index in [9.17, 15) is 4.79 Å². The second-order valence-corrected chi connectivity index (χ2v) is 5.22. The minimum absolute atomic E-state index is 0.0102. The van der Waals surface area contributed by atoms with E-state index in [1.807, 2.05) is 22.6 Å². The van der Waals surface area contributed by atoms with Crippen LogP contribution in [0.15, 0.2) is 18.7 Å². The second-order valence-electron chi connectivity index (χ2n) is 5.22. The van der Waals surface area contributed by atoms with E-state index in [4.69, 9.17) is 5.11 Å². The van der Waals surface area contributed by atoms with Gasteiger partial charge in [0.1, 0.15) is 0 Å². The average Bonchev–Trinajstić information content (AvgIpc) is 2.91. The maximum absolute atomic E-state index is 12.1. The Labute approximate surface area is 113 Å². The van der Waals surface area contributed by atoms with E-state index in [0.29, 0.717) is 5.92 Å². The van der Waals surface area contributed by atoms with Crippen LogP contribution in [0.2, 0.25) is 0 Å². The summed E-state index contributed by atoms with van der Waals surface area (Å²) in [7, 11) is 0. The first-order valence-electron chi connectivity index (χ1n) is 6.81. The molecule has 2 rings (SSSR count). The number of nitrogens with zero attached hydrogens (tertiary/aromatic N) is 3. The largest absolute Gasteiger partial charge is 0.396 e. The fourth-order valence-electron chi connectivity index (χ4n) is 2.38. The van der Waals surface area contributed by atoms with Gasteiger partial charge in [-0.1, -0.05) is 0 Å². The maximum atomic E-state index is 12.1. The van der Waals surface area contributed by atoms with Crippen molar-refractivity contribution in [2.24, 2.45) is 5.92 Å². The molecule has 6 heteroatoms. The van der Waals surface area contributed by atoms with Crippen molar-refractivity contribution in [1.29, 1.82) is 0 Å². The maximum Gasteiger partial charge on any atom is 0.317 e. The molecule has 0 aromatic carbocycles. The number of urea groups is 1. The number of nitrogens with one attached hydrogen (secondary N) is 1. The Morgan fingerprint density at radius 1 is 1.53 bits per heavy atom. The number of amides is 2. The third-order valence-corrected chi connectivity index (χ3v) is 3.57. The fraction of sp³-hybridized carbons (Fsp3) is 0.692. The van der Waals surface area contributed by atoms with Crippen molar-refractivity contribution in [2.45, 2.75) is 32.4 Å². The van der Waals surface area contributed by atoms with Crippen molar-refractivity contribution in [3.8, 4) is 0 Å². The van der Waals surface area contributed by atoms with Gasteiger partial charge < -0.3 is 19.9 Å². The van der Waals surface area contributed by atoms with Crippen LogP contribution in [-0.4, -0.2) is 51.3 Å². The molecule has 1 aliphatic rings. The fourth-order valence-corrected chi connectivity index (χ4v) is 2.38. The van der Waals surface area contributed by atoms with Crippen LogP contribution in [0.4, 0.5) is 4.79 Å². The van der Waals surface area contributed by atoms with Gasteiger partial charge in [-0.3, -0.25) is 0 Å². The third kappa shape index (κ3) is 3.96. The van der Waals surface area contributed by atoms with Gasteiger partial charge in [0.15, 0.2) is 0 Å².